The Morgan fingerprint density at radius 1 is 1.50 bits per heavy atom. The van der Waals surface area contributed by atoms with Gasteiger partial charge in [-0.25, -0.2) is 9.78 Å². The molecule has 2 aliphatic rings. The predicted octanol–water partition coefficient (Wildman–Crippen LogP) is 1.80. The molecular weight excluding hydrogens is 282 g/mol. The van der Waals surface area contributed by atoms with E-state index in [0.29, 0.717) is 24.4 Å². The van der Waals surface area contributed by atoms with Crippen LogP contribution in [0.4, 0.5) is 4.79 Å². The number of ether oxygens (including phenoxy) is 2. The van der Waals surface area contributed by atoms with Crippen molar-refractivity contribution in [2.24, 2.45) is 5.92 Å². The van der Waals surface area contributed by atoms with Crippen molar-refractivity contribution in [1.29, 1.82) is 0 Å². The minimum Gasteiger partial charge on any atom is -0.481 e. The fraction of sp³-hybridized carbons (Fsp3) is 0.625. The Morgan fingerprint density at radius 2 is 2.36 bits per heavy atom. The molecule has 120 valence electrons. The van der Waals surface area contributed by atoms with Gasteiger partial charge < -0.3 is 19.7 Å². The van der Waals surface area contributed by atoms with Gasteiger partial charge in [0.2, 0.25) is 5.88 Å². The minimum absolute atomic E-state index is 0.000283. The molecular formula is C16H23N3O3. The molecule has 3 rings (SSSR count). The van der Waals surface area contributed by atoms with Gasteiger partial charge in [0, 0.05) is 43.4 Å². The number of nitrogens with zero attached hydrogens (tertiary/aromatic N) is 2. The monoisotopic (exact) mass is 305 g/mol. The number of hydrogen-bond acceptors (Lipinski definition) is 4. The SMILES string of the molecule is COc1ncccc1CNC(=O)N(C[C@H]1CCOC1)C1CC1. The van der Waals surface area contributed by atoms with Gasteiger partial charge in [-0.1, -0.05) is 6.07 Å². The topological polar surface area (TPSA) is 63.7 Å². The largest absolute Gasteiger partial charge is 0.481 e. The summed E-state index contributed by atoms with van der Waals surface area (Å²) in [6.45, 7) is 2.81. The lowest BCUT2D eigenvalue weighted by molar-refractivity contribution is 0.162. The van der Waals surface area contributed by atoms with E-state index in [2.05, 4.69) is 10.3 Å². The fourth-order valence-electron chi connectivity index (χ4n) is 2.80. The first-order chi connectivity index (χ1) is 10.8. The van der Waals surface area contributed by atoms with E-state index in [-0.39, 0.29) is 6.03 Å². The Bertz CT molecular complexity index is 513. The van der Waals surface area contributed by atoms with Crippen LogP contribution in [0.15, 0.2) is 18.3 Å². The van der Waals surface area contributed by atoms with Crippen LogP contribution in [0.3, 0.4) is 0 Å². The molecule has 2 fully saturated rings. The Kier molecular flexibility index (Phi) is 4.77. The van der Waals surface area contributed by atoms with Crippen LogP contribution in [-0.2, 0) is 11.3 Å². The van der Waals surface area contributed by atoms with E-state index in [1.54, 1.807) is 13.3 Å². The van der Waals surface area contributed by atoms with Crippen LogP contribution in [0.5, 0.6) is 5.88 Å². The second-order valence-corrected chi connectivity index (χ2v) is 5.94. The molecule has 1 saturated carbocycles. The molecule has 1 aromatic rings. The highest BCUT2D eigenvalue weighted by Crippen LogP contribution is 2.29. The van der Waals surface area contributed by atoms with Crippen molar-refractivity contribution < 1.29 is 14.3 Å². The molecule has 22 heavy (non-hydrogen) atoms. The third-order valence-electron chi connectivity index (χ3n) is 4.20. The summed E-state index contributed by atoms with van der Waals surface area (Å²) in [5.74, 6) is 1.03. The molecule has 0 bridgehead atoms. The zero-order valence-corrected chi connectivity index (χ0v) is 13.0. The maximum Gasteiger partial charge on any atom is 0.317 e. The highest BCUT2D eigenvalue weighted by Gasteiger charge is 2.34. The lowest BCUT2D eigenvalue weighted by atomic mass is 10.1. The van der Waals surface area contributed by atoms with Gasteiger partial charge in [-0.15, -0.1) is 0 Å². The van der Waals surface area contributed by atoms with Gasteiger partial charge in [0.15, 0.2) is 0 Å². The molecule has 1 aliphatic carbocycles. The van der Waals surface area contributed by atoms with Gasteiger partial charge in [-0.2, -0.15) is 0 Å². The van der Waals surface area contributed by atoms with E-state index >= 15 is 0 Å². The van der Waals surface area contributed by atoms with Gasteiger partial charge in [0.1, 0.15) is 0 Å². The maximum absolute atomic E-state index is 12.5. The Labute approximate surface area is 130 Å². The number of amides is 2. The lowest BCUT2D eigenvalue weighted by Crippen LogP contribution is -2.43. The average molecular weight is 305 g/mol. The molecule has 6 heteroatoms. The molecule has 1 saturated heterocycles. The molecule has 0 radical (unpaired) electrons. The summed E-state index contributed by atoms with van der Waals surface area (Å²) in [6.07, 6.45) is 4.95. The third-order valence-corrected chi connectivity index (χ3v) is 4.20. The molecule has 1 aliphatic heterocycles. The van der Waals surface area contributed by atoms with Crippen molar-refractivity contribution in [3.05, 3.63) is 23.9 Å². The zero-order chi connectivity index (χ0) is 15.4. The van der Waals surface area contributed by atoms with E-state index in [1.165, 1.54) is 0 Å². The van der Waals surface area contributed by atoms with Crippen LogP contribution < -0.4 is 10.1 Å². The number of carbonyl (C=O) groups excluding carboxylic acids is 1. The highest BCUT2D eigenvalue weighted by atomic mass is 16.5. The van der Waals surface area contributed by atoms with E-state index in [0.717, 1.165) is 44.6 Å². The van der Waals surface area contributed by atoms with Crippen molar-refractivity contribution in [2.75, 3.05) is 26.9 Å². The summed E-state index contributed by atoms with van der Waals surface area (Å²) in [5, 5.41) is 3.00. The summed E-state index contributed by atoms with van der Waals surface area (Å²) in [6, 6.07) is 4.16. The van der Waals surface area contributed by atoms with Crippen LogP contribution >= 0.6 is 0 Å². The first-order valence-corrected chi connectivity index (χ1v) is 7.88. The Hall–Kier alpha value is -1.82. The highest BCUT2D eigenvalue weighted by molar-refractivity contribution is 5.75. The van der Waals surface area contributed by atoms with Gasteiger partial charge in [0.05, 0.1) is 13.7 Å². The first kappa shape index (κ1) is 15.1. The van der Waals surface area contributed by atoms with Crippen molar-refractivity contribution >= 4 is 6.03 Å². The van der Waals surface area contributed by atoms with Crippen LogP contribution in [0.25, 0.3) is 0 Å². The second-order valence-electron chi connectivity index (χ2n) is 5.94. The summed E-state index contributed by atoms with van der Waals surface area (Å²) in [4.78, 5) is 18.6. The summed E-state index contributed by atoms with van der Waals surface area (Å²) in [5.41, 5.74) is 0.887. The molecule has 0 spiro atoms. The number of urea groups is 1. The normalized spacial score (nSPS) is 20.7. The van der Waals surface area contributed by atoms with Crippen LogP contribution in [0.2, 0.25) is 0 Å². The quantitative estimate of drug-likeness (QED) is 0.870. The number of aromatic nitrogens is 1. The van der Waals surface area contributed by atoms with Crippen molar-refractivity contribution in [3.63, 3.8) is 0 Å². The molecule has 0 unspecified atom stereocenters. The number of rotatable bonds is 6. The molecule has 2 heterocycles. The number of pyridine rings is 1. The van der Waals surface area contributed by atoms with Gasteiger partial charge in [-0.05, 0) is 25.3 Å². The van der Waals surface area contributed by atoms with Gasteiger partial charge in [0.25, 0.3) is 0 Å². The molecule has 6 nitrogen and oxygen atoms in total. The predicted molar refractivity (Wildman–Crippen MR) is 81.7 cm³/mol. The minimum atomic E-state index is 0.000283. The number of hydrogen-bond donors (Lipinski definition) is 1. The third kappa shape index (κ3) is 3.68. The lowest BCUT2D eigenvalue weighted by Gasteiger charge is -2.25. The van der Waals surface area contributed by atoms with Crippen molar-refractivity contribution in [3.8, 4) is 5.88 Å². The van der Waals surface area contributed by atoms with E-state index in [4.69, 9.17) is 9.47 Å². The summed E-state index contributed by atoms with van der Waals surface area (Å²) in [7, 11) is 1.59. The maximum atomic E-state index is 12.5. The first-order valence-electron chi connectivity index (χ1n) is 7.88. The smallest absolute Gasteiger partial charge is 0.317 e. The van der Waals surface area contributed by atoms with Crippen molar-refractivity contribution in [2.45, 2.75) is 31.8 Å². The van der Waals surface area contributed by atoms with Crippen LogP contribution in [0, 0.1) is 5.92 Å². The van der Waals surface area contributed by atoms with Crippen LogP contribution in [-0.4, -0.2) is 48.8 Å². The Morgan fingerprint density at radius 3 is 3.05 bits per heavy atom. The molecule has 1 aromatic heterocycles. The average Bonchev–Trinajstić information content (AvgIpc) is 3.26. The fourth-order valence-corrected chi connectivity index (χ4v) is 2.80. The zero-order valence-electron chi connectivity index (χ0n) is 13.0. The van der Waals surface area contributed by atoms with E-state index < -0.39 is 0 Å². The number of nitrogens with one attached hydrogen (secondary N) is 1. The Balaban J connectivity index is 1.56. The second kappa shape index (κ2) is 6.96. The molecule has 2 amide bonds. The van der Waals surface area contributed by atoms with Gasteiger partial charge >= 0.3 is 6.03 Å². The molecule has 1 atom stereocenters. The van der Waals surface area contributed by atoms with E-state index in [1.807, 2.05) is 17.0 Å². The number of methoxy groups -OCH3 is 1. The number of carbonyl (C=O) groups is 1. The van der Waals surface area contributed by atoms with Crippen molar-refractivity contribution in [1.82, 2.24) is 15.2 Å². The summed E-state index contributed by atoms with van der Waals surface area (Å²) < 4.78 is 10.6. The standard InChI is InChI=1S/C16H23N3O3/c1-21-15-13(3-2-7-17-15)9-18-16(20)19(14-4-5-14)10-12-6-8-22-11-12/h2-3,7,12,14H,4-6,8-11H2,1H3,(H,18,20)/t12-/m1/s1. The van der Waals surface area contributed by atoms with Gasteiger partial charge in [-0.3, -0.25) is 0 Å². The molecule has 0 aromatic carbocycles. The summed E-state index contributed by atoms with van der Waals surface area (Å²) >= 11 is 0. The van der Waals surface area contributed by atoms with Crippen LogP contribution in [0.1, 0.15) is 24.8 Å². The molecule has 1 N–H and O–H groups in total. The van der Waals surface area contributed by atoms with E-state index in [9.17, 15) is 4.79 Å².